The molecule has 0 aliphatic rings. The number of halogens is 1. The van der Waals surface area contributed by atoms with Crippen LogP contribution >= 0.6 is 0 Å². The Morgan fingerprint density at radius 1 is 1.24 bits per heavy atom. The van der Waals surface area contributed by atoms with E-state index in [4.69, 9.17) is 14.6 Å². The Labute approximate surface area is 121 Å². The highest BCUT2D eigenvalue weighted by atomic mass is 19.1. The molecule has 0 amide bonds. The van der Waals surface area contributed by atoms with Gasteiger partial charge in [-0.15, -0.1) is 0 Å². The molecule has 0 radical (unpaired) electrons. The van der Waals surface area contributed by atoms with Gasteiger partial charge in [0.1, 0.15) is 29.5 Å². The van der Waals surface area contributed by atoms with E-state index in [1.54, 1.807) is 31.2 Å². The van der Waals surface area contributed by atoms with Gasteiger partial charge in [-0.05, 0) is 48.4 Å². The predicted octanol–water partition coefficient (Wildman–Crippen LogP) is 3.42. The maximum absolute atomic E-state index is 13.2. The molecule has 21 heavy (non-hydrogen) atoms. The fourth-order valence-electron chi connectivity index (χ4n) is 1.88. The van der Waals surface area contributed by atoms with Gasteiger partial charge < -0.3 is 14.6 Å². The van der Waals surface area contributed by atoms with Crippen LogP contribution in [0, 0.1) is 12.7 Å². The minimum absolute atomic E-state index is 0.0962. The lowest BCUT2D eigenvalue weighted by molar-refractivity contribution is 0.0693. The minimum atomic E-state index is -1.05. The lowest BCUT2D eigenvalue weighted by Gasteiger charge is -2.10. The highest BCUT2D eigenvalue weighted by Gasteiger charge is 2.11. The Balaban J connectivity index is 2.13. The van der Waals surface area contributed by atoms with Crippen molar-refractivity contribution in [3.05, 3.63) is 58.9 Å². The molecule has 110 valence electrons. The van der Waals surface area contributed by atoms with Crippen molar-refractivity contribution in [3.8, 4) is 11.5 Å². The number of hydrogen-bond acceptors (Lipinski definition) is 3. The Kier molecular flexibility index (Phi) is 4.42. The van der Waals surface area contributed by atoms with E-state index in [0.29, 0.717) is 11.3 Å². The first-order chi connectivity index (χ1) is 10.0. The first-order valence-corrected chi connectivity index (χ1v) is 6.30. The minimum Gasteiger partial charge on any atom is -0.496 e. The SMILES string of the molecule is COc1cc(COc2ccc(F)c(C)c2)ccc1C(=O)O. The number of benzene rings is 2. The summed E-state index contributed by atoms with van der Waals surface area (Å²) >= 11 is 0. The smallest absolute Gasteiger partial charge is 0.339 e. The van der Waals surface area contributed by atoms with Crippen LogP contribution < -0.4 is 9.47 Å². The zero-order valence-corrected chi connectivity index (χ0v) is 11.7. The molecule has 2 aromatic carbocycles. The summed E-state index contributed by atoms with van der Waals surface area (Å²) in [5, 5.41) is 9.01. The quantitative estimate of drug-likeness (QED) is 0.916. The van der Waals surface area contributed by atoms with Gasteiger partial charge in [-0.2, -0.15) is 0 Å². The summed E-state index contributed by atoms with van der Waals surface area (Å²) in [5.74, 6) is -0.502. The van der Waals surface area contributed by atoms with E-state index in [1.807, 2.05) is 0 Å². The summed E-state index contributed by atoms with van der Waals surface area (Å²) in [5.41, 5.74) is 1.36. The van der Waals surface area contributed by atoms with Crippen LogP contribution in [0.25, 0.3) is 0 Å². The van der Waals surface area contributed by atoms with Crippen molar-refractivity contribution in [2.45, 2.75) is 13.5 Å². The van der Waals surface area contributed by atoms with E-state index in [9.17, 15) is 9.18 Å². The number of rotatable bonds is 5. The van der Waals surface area contributed by atoms with Gasteiger partial charge in [0.05, 0.1) is 7.11 Å². The van der Waals surface area contributed by atoms with Gasteiger partial charge in [0.15, 0.2) is 0 Å². The highest BCUT2D eigenvalue weighted by Crippen LogP contribution is 2.22. The van der Waals surface area contributed by atoms with Crippen LogP contribution in [0.5, 0.6) is 11.5 Å². The van der Waals surface area contributed by atoms with E-state index in [2.05, 4.69) is 0 Å². The molecule has 2 aromatic rings. The first-order valence-electron chi connectivity index (χ1n) is 6.30. The van der Waals surface area contributed by atoms with Crippen LogP contribution in [-0.4, -0.2) is 18.2 Å². The second-order valence-corrected chi connectivity index (χ2v) is 4.54. The van der Waals surface area contributed by atoms with Gasteiger partial charge >= 0.3 is 5.97 Å². The maximum atomic E-state index is 13.2. The van der Waals surface area contributed by atoms with Gasteiger partial charge in [-0.25, -0.2) is 9.18 Å². The highest BCUT2D eigenvalue weighted by molar-refractivity contribution is 5.90. The number of carboxylic acids is 1. The molecular formula is C16H15FO4. The Morgan fingerprint density at radius 3 is 2.62 bits per heavy atom. The molecule has 0 unspecified atom stereocenters. The van der Waals surface area contributed by atoms with Gasteiger partial charge in [0.25, 0.3) is 0 Å². The van der Waals surface area contributed by atoms with Crippen LogP contribution in [0.2, 0.25) is 0 Å². The van der Waals surface area contributed by atoms with Crippen LogP contribution in [-0.2, 0) is 6.61 Å². The zero-order chi connectivity index (χ0) is 15.4. The molecule has 0 bridgehead atoms. The van der Waals surface area contributed by atoms with E-state index in [-0.39, 0.29) is 23.7 Å². The van der Waals surface area contributed by atoms with Gasteiger partial charge in [0.2, 0.25) is 0 Å². The monoisotopic (exact) mass is 290 g/mol. The molecule has 2 rings (SSSR count). The Bertz CT molecular complexity index is 667. The van der Waals surface area contributed by atoms with Crippen molar-refractivity contribution < 1.29 is 23.8 Å². The normalized spacial score (nSPS) is 10.2. The summed E-state index contributed by atoms with van der Waals surface area (Å²) in [7, 11) is 1.41. The average Bonchev–Trinajstić information content (AvgIpc) is 2.48. The molecule has 0 aliphatic carbocycles. The van der Waals surface area contributed by atoms with Crippen LogP contribution in [0.4, 0.5) is 4.39 Å². The molecule has 0 spiro atoms. The second kappa shape index (κ2) is 6.26. The molecule has 0 heterocycles. The van der Waals surface area contributed by atoms with E-state index >= 15 is 0 Å². The van der Waals surface area contributed by atoms with Gasteiger partial charge in [0, 0.05) is 0 Å². The number of aryl methyl sites for hydroxylation is 1. The summed E-state index contributed by atoms with van der Waals surface area (Å²) in [6, 6.07) is 9.24. The summed E-state index contributed by atoms with van der Waals surface area (Å²) < 4.78 is 23.8. The molecule has 0 saturated heterocycles. The molecule has 1 N–H and O–H groups in total. The van der Waals surface area contributed by atoms with E-state index in [0.717, 1.165) is 5.56 Å². The number of ether oxygens (including phenoxy) is 2. The van der Waals surface area contributed by atoms with Crippen LogP contribution in [0.1, 0.15) is 21.5 Å². The van der Waals surface area contributed by atoms with E-state index in [1.165, 1.54) is 19.2 Å². The van der Waals surface area contributed by atoms with Gasteiger partial charge in [-0.1, -0.05) is 6.07 Å². The fraction of sp³-hybridized carbons (Fsp3) is 0.188. The van der Waals surface area contributed by atoms with Crippen LogP contribution in [0.15, 0.2) is 36.4 Å². The first kappa shape index (κ1) is 14.8. The van der Waals surface area contributed by atoms with Crippen molar-refractivity contribution in [3.63, 3.8) is 0 Å². The third kappa shape index (κ3) is 3.51. The fourth-order valence-corrected chi connectivity index (χ4v) is 1.88. The average molecular weight is 290 g/mol. The van der Waals surface area contributed by atoms with Gasteiger partial charge in [-0.3, -0.25) is 0 Å². The Morgan fingerprint density at radius 2 is 2.00 bits per heavy atom. The van der Waals surface area contributed by atoms with Crippen molar-refractivity contribution >= 4 is 5.97 Å². The number of carboxylic acid groups (broad SMARTS) is 1. The van der Waals surface area contributed by atoms with Crippen LogP contribution in [0.3, 0.4) is 0 Å². The third-order valence-electron chi connectivity index (χ3n) is 3.03. The summed E-state index contributed by atoms with van der Waals surface area (Å²) in [6.45, 7) is 1.90. The molecule has 0 atom stereocenters. The number of aromatic carboxylic acids is 1. The summed E-state index contributed by atoms with van der Waals surface area (Å²) in [6.07, 6.45) is 0. The van der Waals surface area contributed by atoms with E-state index < -0.39 is 5.97 Å². The second-order valence-electron chi connectivity index (χ2n) is 4.54. The molecular weight excluding hydrogens is 275 g/mol. The third-order valence-corrected chi connectivity index (χ3v) is 3.03. The molecule has 4 nitrogen and oxygen atoms in total. The number of methoxy groups -OCH3 is 1. The molecule has 0 aliphatic heterocycles. The van der Waals surface area contributed by atoms with Crippen molar-refractivity contribution in [2.24, 2.45) is 0 Å². The van der Waals surface area contributed by atoms with Crippen molar-refractivity contribution in [1.29, 1.82) is 0 Å². The topological polar surface area (TPSA) is 55.8 Å². The Hall–Kier alpha value is -2.56. The molecule has 0 fully saturated rings. The maximum Gasteiger partial charge on any atom is 0.339 e. The summed E-state index contributed by atoms with van der Waals surface area (Å²) in [4.78, 5) is 11.0. The lowest BCUT2D eigenvalue weighted by Crippen LogP contribution is -2.03. The standard InChI is InChI=1S/C16H15FO4/c1-10-7-12(4-6-14(10)17)21-9-11-3-5-13(16(18)19)15(8-11)20-2/h3-8H,9H2,1-2H3,(H,18,19). The largest absolute Gasteiger partial charge is 0.496 e. The molecule has 0 aromatic heterocycles. The number of hydrogen-bond donors (Lipinski definition) is 1. The van der Waals surface area contributed by atoms with Crippen molar-refractivity contribution in [1.82, 2.24) is 0 Å². The molecule has 5 heteroatoms. The predicted molar refractivity (Wildman–Crippen MR) is 75.4 cm³/mol. The zero-order valence-electron chi connectivity index (χ0n) is 11.7. The van der Waals surface area contributed by atoms with Crippen molar-refractivity contribution in [2.75, 3.05) is 7.11 Å². The number of carbonyl (C=O) groups is 1. The molecule has 0 saturated carbocycles. The lowest BCUT2D eigenvalue weighted by atomic mass is 10.1.